The molecule has 0 aliphatic carbocycles. The van der Waals surface area contributed by atoms with Crippen molar-refractivity contribution in [2.24, 2.45) is 0 Å². The van der Waals surface area contributed by atoms with Gasteiger partial charge in [0, 0.05) is 9.61 Å². The zero-order chi connectivity index (χ0) is 18.4. The number of hydrogen-bond acceptors (Lipinski definition) is 4. The third kappa shape index (κ3) is 6.93. The topological polar surface area (TPSA) is 69.6 Å². The zero-order valence-corrected chi connectivity index (χ0v) is 17.6. The summed E-state index contributed by atoms with van der Waals surface area (Å²) in [7, 11) is -3.28. The van der Waals surface area contributed by atoms with Gasteiger partial charge in [-0.1, -0.05) is 48.0 Å². The van der Waals surface area contributed by atoms with Gasteiger partial charge in [-0.2, -0.15) is 0 Å². The Balaban J connectivity index is 1.85. The Kier molecular flexibility index (Phi) is 7.80. The van der Waals surface area contributed by atoms with Gasteiger partial charge < -0.3 is 5.32 Å². The molecule has 1 unspecified atom stereocenters. The molecule has 0 spiro atoms. The molecule has 2 rings (SSSR count). The third-order valence-electron chi connectivity index (χ3n) is 3.76. The maximum absolute atomic E-state index is 12.1. The minimum absolute atomic E-state index is 0.0334. The Morgan fingerprint density at radius 1 is 1.24 bits per heavy atom. The molecule has 0 amide bonds. The van der Waals surface area contributed by atoms with E-state index in [4.69, 9.17) is 11.6 Å². The highest BCUT2D eigenvalue weighted by Gasteiger charge is 2.36. The van der Waals surface area contributed by atoms with Gasteiger partial charge in [0.1, 0.15) is 6.16 Å². The van der Waals surface area contributed by atoms with Gasteiger partial charge in [-0.15, -0.1) is 0 Å². The molecule has 0 aromatic heterocycles. The summed E-state index contributed by atoms with van der Waals surface area (Å²) in [6, 6.07) is 14.9. The van der Waals surface area contributed by atoms with Crippen molar-refractivity contribution < 1.29 is 14.6 Å². The van der Waals surface area contributed by atoms with Crippen LogP contribution >= 0.6 is 41.9 Å². The first-order chi connectivity index (χ1) is 11.8. The van der Waals surface area contributed by atoms with E-state index in [-0.39, 0.29) is 30.7 Å². The summed E-state index contributed by atoms with van der Waals surface area (Å²) in [5.74, 6) is -0.204. The number of carbonyl (C=O) groups excluding carboxylic acids is 1. The molecule has 3 N–H and O–H groups in total. The maximum Gasteiger partial charge on any atom is 0.279 e. The van der Waals surface area contributed by atoms with Crippen LogP contribution in [0.25, 0.3) is 0 Å². The quantitative estimate of drug-likeness (QED) is 0.382. The molecular formula is C18H21ClINO3P+. The first-order valence-electron chi connectivity index (χ1n) is 7.83. The van der Waals surface area contributed by atoms with Crippen LogP contribution < -0.4 is 5.32 Å². The van der Waals surface area contributed by atoms with E-state index >= 15 is 0 Å². The summed E-state index contributed by atoms with van der Waals surface area (Å²) in [6.07, 6.45) is -0.0791. The van der Waals surface area contributed by atoms with Crippen LogP contribution in [0.5, 0.6) is 0 Å². The van der Waals surface area contributed by atoms with Gasteiger partial charge >= 0.3 is 0 Å². The Morgan fingerprint density at radius 2 is 1.92 bits per heavy atom. The van der Waals surface area contributed by atoms with Crippen LogP contribution in [-0.4, -0.2) is 28.3 Å². The molecular weight excluding hydrogens is 472 g/mol. The number of ketones is 1. The van der Waals surface area contributed by atoms with E-state index in [9.17, 15) is 14.6 Å². The standard InChI is InChI=1S/C18H21ClINO3P/c1-13(15-7-8-17(19)18(20)9-15)21-10-16(22)12-25(23,24)11-14-5-3-2-4-6-14/h2-9,13,21,23-24H,10-12H2,1H3/q+1. The van der Waals surface area contributed by atoms with Crippen LogP contribution in [0.3, 0.4) is 0 Å². The Morgan fingerprint density at radius 3 is 2.56 bits per heavy atom. The van der Waals surface area contributed by atoms with E-state index in [0.29, 0.717) is 5.02 Å². The first kappa shape index (κ1) is 20.7. The summed E-state index contributed by atoms with van der Waals surface area (Å²) in [6.45, 7) is 2.05. The molecule has 0 aliphatic rings. The molecule has 0 saturated carbocycles. The lowest BCUT2D eigenvalue weighted by molar-refractivity contribution is -0.116. The number of rotatable bonds is 8. The highest BCUT2D eigenvalue weighted by atomic mass is 127. The maximum atomic E-state index is 12.1. The van der Waals surface area contributed by atoms with Crippen molar-refractivity contribution in [1.82, 2.24) is 5.32 Å². The van der Waals surface area contributed by atoms with Gasteiger partial charge in [0.25, 0.3) is 7.72 Å². The van der Waals surface area contributed by atoms with Gasteiger partial charge in [-0.25, -0.2) is 9.79 Å². The van der Waals surface area contributed by atoms with Gasteiger partial charge in [0.15, 0.2) is 11.9 Å². The van der Waals surface area contributed by atoms with Crippen molar-refractivity contribution in [2.45, 2.75) is 19.1 Å². The second kappa shape index (κ2) is 9.40. The SMILES string of the molecule is CC(NCC(=O)C[P+](O)(O)Cc1ccccc1)c1ccc(Cl)c(I)c1. The van der Waals surface area contributed by atoms with Gasteiger partial charge in [-0.05, 0) is 52.8 Å². The molecule has 0 aliphatic heterocycles. The van der Waals surface area contributed by atoms with E-state index in [0.717, 1.165) is 14.7 Å². The Bertz CT molecular complexity index is 728. The van der Waals surface area contributed by atoms with Crippen LogP contribution in [0.1, 0.15) is 24.1 Å². The van der Waals surface area contributed by atoms with E-state index in [2.05, 4.69) is 27.9 Å². The highest BCUT2D eigenvalue weighted by Crippen LogP contribution is 2.52. The molecule has 2 aromatic carbocycles. The van der Waals surface area contributed by atoms with E-state index in [1.807, 2.05) is 55.5 Å². The molecule has 1 atom stereocenters. The molecule has 4 nitrogen and oxygen atoms in total. The molecule has 2 aromatic rings. The molecule has 0 heterocycles. The molecule has 0 saturated heterocycles. The molecule has 0 radical (unpaired) electrons. The predicted molar refractivity (Wildman–Crippen MR) is 112 cm³/mol. The summed E-state index contributed by atoms with van der Waals surface area (Å²) in [5.41, 5.74) is 1.85. The number of benzene rings is 2. The largest absolute Gasteiger partial charge is 0.303 e. The van der Waals surface area contributed by atoms with Crippen molar-refractivity contribution in [3.63, 3.8) is 0 Å². The fourth-order valence-corrected chi connectivity index (χ4v) is 4.68. The fourth-order valence-electron chi connectivity index (χ4n) is 2.44. The summed E-state index contributed by atoms with van der Waals surface area (Å²) < 4.78 is 0.954. The summed E-state index contributed by atoms with van der Waals surface area (Å²) in [5, 5.41) is 3.83. The predicted octanol–water partition coefficient (Wildman–Crippen LogP) is 4.20. The van der Waals surface area contributed by atoms with Gasteiger partial charge in [0.2, 0.25) is 0 Å². The van der Waals surface area contributed by atoms with Crippen molar-refractivity contribution in [1.29, 1.82) is 0 Å². The number of nitrogens with one attached hydrogen (secondary N) is 1. The normalized spacial score (nSPS) is 12.8. The van der Waals surface area contributed by atoms with Crippen molar-refractivity contribution in [3.8, 4) is 0 Å². The average Bonchev–Trinajstić information content (AvgIpc) is 2.55. The Labute approximate surface area is 167 Å². The van der Waals surface area contributed by atoms with Crippen LogP contribution in [-0.2, 0) is 11.0 Å². The minimum atomic E-state index is -3.28. The van der Waals surface area contributed by atoms with Crippen molar-refractivity contribution in [3.05, 3.63) is 68.3 Å². The van der Waals surface area contributed by atoms with E-state index in [1.165, 1.54) is 0 Å². The molecule has 7 heteroatoms. The van der Waals surface area contributed by atoms with Crippen LogP contribution in [0.2, 0.25) is 5.02 Å². The lowest BCUT2D eigenvalue weighted by Gasteiger charge is -2.16. The number of halogens is 2. The number of hydrogen-bond donors (Lipinski definition) is 3. The molecule has 0 fully saturated rings. The van der Waals surface area contributed by atoms with Crippen LogP contribution in [0.15, 0.2) is 48.5 Å². The lowest BCUT2D eigenvalue weighted by Crippen LogP contribution is -2.28. The van der Waals surface area contributed by atoms with E-state index < -0.39 is 7.72 Å². The molecule has 134 valence electrons. The van der Waals surface area contributed by atoms with Gasteiger partial charge in [0.05, 0.1) is 11.6 Å². The molecule has 0 bridgehead atoms. The Hall–Kier alpha value is -0.560. The lowest BCUT2D eigenvalue weighted by atomic mass is 10.1. The van der Waals surface area contributed by atoms with Crippen LogP contribution in [0.4, 0.5) is 0 Å². The third-order valence-corrected chi connectivity index (χ3v) is 7.03. The first-order valence-corrected chi connectivity index (χ1v) is 11.4. The monoisotopic (exact) mass is 492 g/mol. The number of carbonyl (C=O) groups is 1. The van der Waals surface area contributed by atoms with Crippen LogP contribution in [0, 0.1) is 3.57 Å². The van der Waals surface area contributed by atoms with Crippen molar-refractivity contribution >= 4 is 47.7 Å². The highest BCUT2D eigenvalue weighted by molar-refractivity contribution is 14.1. The summed E-state index contributed by atoms with van der Waals surface area (Å²) >= 11 is 8.18. The minimum Gasteiger partial charge on any atom is -0.303 e. The molecule has 25 heavy (non-hydrogen) atoms. The van der Waals surface area contributed by atoms with E-state index in [1.54, 1.807) is 0 Å². The van der Waals surface area contributed by atoms with Crippen molar-refractivity contribution in [2.75, 3.05) is 12.7 Å². The second-order valence-electron chi connectivity index (χ2n) is 6.00. The smallest absolute Gasteiger partial charge is 0.279 e. The summed E-state index contributed by atoms with van der Waals surface area (Å²) in [4.78, 5) is 32.5. The van der Waals surface area contributed by atoms with Gasteiger partial charge in [-0.3, -0.25) is 4.79 Å². The average molecular weight is 493 g/mol. The fraction of sp³-hybridized carbons (Fsp3) is 0.278. The zero-order valence-electron chi connectivity index (χ0n) is 13.8. The second-order valence-corrected chi connectivity index (χ2v) is 9.95. The number of Topliss-reactive ketones (excluding diaryl/α,β-unsaturated/α-hetero) is 1.